The first-order chi connectivity index (χ1) is 10.8. The molecule has 0 spiro atoms. The summed E-state index contributed by atoms with van der Waals surface area (Å²) in [5.74, 6) is -1.41. The van der Waals surface area contributed by atoms with E-state index < -0.39 is 22.9 Å². The highest BCUT2D eigenvalue weighted by Crippen LogP contribution is 2.11. The van der Waals surface area contributed by atoms with Crippen molar-refractivity contribution in [3.8, 4) is 0 Å². The molecule has 2 heterocycles. The number of rotatable bonds is 2. The van der Waals surface area contributed by atoms with Crippen LogP contribution in [0.2, 0.25) is 0 Å². The molecule has 2 rings (SSSR count). The zero-order valence-electron chi connectivity index (χ0n) is 11.6. The number of hydrogen-bond donors (Lipinski definition) is 1. The first-order valence-electron chi connectivity index (χ1n) is 5.79. The van der Waals surface area contributed by atoms with Crippen molar-refractivity contribution in [2.24, 2.45) is 0 Å². The van der Waals surface area contributed by atoms with Crippen molar-refractivity contribution >= 4 is 17.5 Å². The van der Waals surface area contributed by atoms with Gasteiger partial charge in [-0.15, -0.1) is 0 Å². The zero-order valence-corrected chi connectivity index (χ0v) is 11.6. The molecular weight excluding hydrogens is 318 g/mol. The Bertz CT molecular complexity index is 666. The van der Waals surface area contributed by atoms with Gasteiger partial charge < -0.3 is 4.74 Å². The van der Waals surface area contributed by atoms with Crippen LogP contribution in [0.1, 0.15) is 0 Å². The first kappa shape index (κ1) is 17.8. The molecule has 0 aromatic carbocycles. The minimum absolute atomic E-state index is 0.0354. The van der Waals surface area contributed by atoms with Crippen molar-refractivity contribution in [3.63, 3.8) is 0 Å². The summed E-state index contributed by atoms with van der Waals surface area (Å²) in [7, 11) is 1.11. The van der Waals surface area contributed by atoms with Gasteiger partial charge >= 0.3 is 6.09 Å². The number of hydrogen-bond acceptors (Lipinski definition) is 7. The smallest absolute Gasteiger partial charge is 0.438 e. The number of nitro groups is 1. The number of hydroxylamine groups is 1. The van der Waals surface area contributed by atoms with E-state index in [2.05, 4.69) is 14.7 Å². The third-order valence-electron chi connectivity index (χ3n) is 2.23. The molecule has 122 valence electrons. The second kappa shape index (κ2) is 8.29. The lowest BCUT2D eigenvalue weighted by Gasteiger charge is -2.11. The van der Waals surface area contributed by atoms with E-state index in [0.717, 1.165) is 37.7 Å². The van der Waals surface area contributed by atoms with Gasteiger partial charge in [-0.25, -0.2) is 14.8 Å². The van der Waals surface area contributed by atoms with Crippen LogP contribution in [0.25, 0.3) is 0 Å². The molecule has 0 saturated heterocycles. The summed E-state index contributed by atoms with van der Waals surface area (Å²) in [4.78, 5) is 26.4. The highest BCUT2D eigenvalue weighted by Gasteiger charge is 2.13. The summed E-state index contributed by atoms with van der Waals surface area (Å²) in [6.45, 7) is 0. The average Bonchev–Trinajstić information content (AvgIpc) is 2.55. The monoisotopic (exact) mass is 328 g/mol. The zero-order chi connectivity index (χ0) is 17.4. The first-order valence-corrected chi connectivity index (χ1v) is 5.79. The fourth-order valence-corrected chi connectivity index (χ4v) is 1.16. The molecule has 0 aliphatic carbocycles. The Morgan fingerprint density at radius 3 is 2.17 bits per heavy atom. The quantitative estimate of drug-likeness (QED) is 0.389. The van der Waals surface area contributed by atoms with Gasteiger partial charge in [0.2, 0.25) is 11.9 Å². The van der Waals surface area contributed by atoms with Crippen molar-refractivity contribution in [3.05, 3.63) is 58.7 Å². The molecule has 2 aromatic rings. The summed E-state index contributed by atoms with van der Waals surface area (Å²) < 4.78 is 28.5. The molecule has 0 saturated carbocycles. The molecule has 0 aliphatic heterocycles. The Hall–Kier alpha value is -3.21. The van der Waals surface area contributed by atoms with Crippen LogP contribution >= 0.6 is 0 Å². The fraction of sp³-hybridized carbons (Fsp3) is 0.0833. The molecule has 0 atom stereocenters. The van der Waals surface area contributed by atoms with Crippen molar-refractivity contribution in [1.29, 1.82) is 0 Å². The van der Waals surface area contributed by atoms with Crippen LogP contribution in [-0.2, 0) is 4.74 Å². The number of pyridine rings is 2. The molecule has 0 unspecified atom stereocenters. The number of anilines is 1. The van der Waals surface area contributed by atoms with Gasteiger partial charge in [-0.3, -0.25) is 15.3 Å². The summed E-state index contributed by atoms with van der Waals surface area (Å²) in [5.41, 5.74) is -0.172. The number of aromatic nitrogens is 2. The van der Waals surface area contributed by atoms with Gasteiger partial charge in [0.05, 0.1) is 23.9 Å². The standard InChI is InChI=1S/C7H7FN2O3.C5H3FN2O2/c1-13-7(11)10(12)5-2-3-6(8)9-4-5;6-5-2-1-4(3-7-5)8(9)10/h2-4,12H,1H3;1-3H. The van der Waals surface area contributed by atoms with Gasteiger partial charge in [0, 0.05) is 6.07 Å². The van der Waals surface area contributed by atoms with E-state index in [-0.39, 0.29) is 16.4 Å². The molecule has 0 bridgehead atoms. The number of carbonyl (C=O) groups is 1. The van der Waals surface area contributed by atoms with E-state index in [0.29, 0.717) is 0 Å². The normalized spacial score (nSPS) is 9.39. The van der Waals surface area contributed by atoms with Crippen molar-refractivity contribution in [2.75, 3.05) is 12.2 Å². The molecule has 2 aromatic heterocycles. The van der Waals surface area contributed by atoms with E-state index in [9.17, 15) is 23.7 Å². The maximum atomic E-state index is 12.3. The van der Waals surface area contributed by atoms with Gasteiger partial charge in [0.15, 0.2) is 0 Å². The third-order valence-corrected chi connectivity index (χ3v) is 2.23. The van der Waals surface area contributed by atoms with Crippen LogP contribution in [-0.4, -0.2) is 33.3 Å². The highest BCUT2D eigenvalue weighted by molar-refractivity contribution is 5.84. The Balaban J connectivity index is 0.000000238. The fourth-order valence-electron chi connectivity index (χ4n) is 1.16. The lowest BCUT2D eigenvalue weighted by Crippen LogP contribution is -2.26. The van der Waals surface area contributed by atoms with Crippen LogP contribution in [0.15, 0.2) is 36.7 Å². The molecule has 23 heavy (non-hydrogen) atoms. The number of methoxy groups -OCH3 is 1. The molecule has 0 fully saturated rings. The summed E-state index contributed by atoms with van der Waals surface area (Å²) in [5, 5.41) is 19.3. The summed E-state index contributed by atoms with van der Waals surface area (Å²) in [6, 6.07) is 4.21. The van der Waals surface area contributed by atoms with Crippen LogP contribution < -0.4 is 5.06 Å². The second-order valence-electron chi connectivity index (χ2n) is 3.72. The molecular formula is C12H10F2N4O5. The predicted molar refractivity (Wildman–Crippen MR) is 71.7 cm³/mol. The van der Waals surface area contributed by atoms with Gasteiger partial charge in [0.1, 0.15) is 6.20 Å². The Kier molecular flexibility index (Phi) is 6.43. The minimum Gasteiger partial charge on any atom is -0.451 e. The summed E-state index contributed by atoms with van der Waals surface area (Å²) in [6.07, 6.45) is 0.912. The Morgan fingerprint density at radius 1 is 1.22 bits per heavy atom. The maximum absolute atomic E-state index is 12.3. The molecule has 11 heteroatoms. The summed E-state index contributed by atoms with van der Waals surface area (Å²) >= 11 is 0. The number of halogens is 2. The van der Waals surface area contributed by atoms with Crippen LogP contribution in [0, 0.1) is 22.0 Å². The molecule has 9 nitrogen and oxygen atoms in total. The van der Waals surface area contributed by atoms with E-state index in [1.807, 2.05) is 0 Å². The number of amides is 1. The Morgan fingerprint density at radius 2 is 1.78 bits per heavy atom. The third kappa shape index (κ3) is 5.59. The van der Waals surface area contributed by atoms with Crippen LogP contribution in [0.5, 0.6) is 0 Å². The van der Waals surface area contributed by atoms with Gasteiger partial charge in [-0.1, -0.05) is 0 Å². The molecule has 1 amide bonds. The molecule has 0 aliphatic rings. The number of carbonyl (C=O) groups excluding carboxylic acids is 1. The van der Waals surface area contributed by atoms with Gasteiger partial charge in [-0.05, 0) is 18.2 Å². The van der Waals surface area contributed by atoms with E-state index in [4.69, 9.17) is 5.21 Å². The van der Waals surface area contributed by atoms with E-state index in [1.165, 1.54) is 6.07 Å². The molecule has 1 N–H and O–H groups in total. The number of ether oxygens (including phenoxy) is 1. The van der Waals surface area contributed by atoms with E-state index in [1.54, 1.807) is 0 Å². The minimum atomic E-state index is -0.964. The maximum Gasteiger partial charge on any atom is 0.438 e. The SMILES string of the molecule is COC(=O)N(O)c1ccc(F)nc1.O=[N+]([O-])c1ccc(F)nc1. The predicted octanol–water partition coefficient (Wildman–Crippen LogP) is 2.31. The van der Waals surface area contributed by atoms with Crippen molar-refractivity contribution in [2.45, 2.75) is 0 Å². The topological polar surface area (TPSA) is 119 Å². The highest BCUT2D eigenvalue weighted by atomic mass is 19.1. The molecule has 0 radical (unpaired) electrons. The lowest BCUT2D eigenvalue weighted by molar-refractivity contribution is -0.385. The lowest BCUT2D eigenvalue weighted by atomic mass is 10.4. The van der Waals surface area contributed by atoms with E-state index >= 15 is 0 Å². The van der Waals surface area contributed by atoms with Crippen LogP contribution in [0.4, 0.5) is 25.0 Å². The average molecular weight is 328 g/mol. The van der Waals surface area contributed by atoms with Crippen LogP contribution in [0.3, 0.4) is 0 Å². The second-order valence-corrected chi connectivity index (χ2v) is 3.72. The van der Waals surface area contributed by atoms with Crippen molar-refractivity contribution in [1.82, 2.24) is 9.97 Å². The van der Waals surface area contributed by atoms with Crippen molar-refractivity contribution < 1.29 is 28.4 Å². The number of nitrogens with zero attached hydrogens (tertiary/aromatic N) is 4. The van der Waals surface area contributed by atoms with Gasteiger partial charge in [-0.2, -0.15) is 13.8 Å². The Labute approximate surface area is 127 Å². The largest absolute Gasteiger partial charge is 0.451 e. The van der Waals surface area contributed by atoms with Gasteiger partial charge in [0.25, 0.3) is 5.69 Å².